The lowest BCUT2D eigenvalue weighted by Crippen LogP contribution is -2.51. The van der Waals surface area contributed by atoms with Crippen molar-refractivity contribution >= 4 is 11.9 Å². The third-order valence-electron chi connectivity index (χ3n) is 3.73. The van der Waals surface area contributed by atoms with Gasteiger partial charge < -0.3 is 35.6 Å². The molecule has 0 aliphatic carbocycles. The van der Waals surface area contributed by atoms with Crippen molar-refractivity contribution in [1.29, 1.82) is 0 Å². The Labute approximate surface area is 113 Å². The quantitative estimate of drug-likeness (QED) is 0.378. The third kappa shape index (κ3) is 2.50. The van der Waals surface area contributed by atoms with Crippen LogP contribution in [0.15, 0.2) is 0 Å². The van der Waals surface area contributed by atoms with Crippen LogP contribution in [0.3, 0.4) is 0 Å². The number of hydrogen-bond acceptors (Lipinski definition) is 7. The number of aliphatic hydroxyl groups is 2. The van der Waals surface area contributed by atoms with Gasteiger partial charge in [-0.1, -0.05) is 0 Å². The van der Waals surface area contributed by atoms with Crippen LogP contribution in [0.4, 0.5) is 0 Å². The van der Waals surface area contributed by atoms with Crippen molar-refractivity contribution in [1.82, 2.24) is 0 Å². The molecule has 0 radical (unpaired) electrons. The van der Waals surface area contributed by atoms with E-state index in [0.29, 0.717) is 0 Å². The van der Waals surface area contributed by atoms with E-state index in [0.717, 1.165) is 0 Å². The van der Waals surface area contributed by atoms with Gasteiger partial charge in [0.25, 0.3) is 0 Å². The monoisotopic (exact) mass is 291 g/mol. The summed E-state index contributed by atoms with van der Waals surface area (Å²) in [5, 5.41) is 37.4. The predicted octanol–water partition coefficient (Wildman–Crippen LogP) is -2.48. The topological polar surface area (TPSA) is 160 Å². The first-order valence-corrected chi connectivity index (χ1v) is 6.14. The highest BCUT2D eigenvalue weighted by Gasteiger charge is 2.57. The highest BCUT2D eigenvalue weighted by atomic mass is 16.6. The number of aliphatic carboxylic acids is 2. The van der Waals surface area contributed by atoms with Crippen LogP contribution >= 0.6 is 0 Å². The molecule has 2 aliphatic heterocycles. The van der Waals surface area contributed by atoms with Crippen molar-refractivity contribution < 1.29 is 39.5 Å². The number of nitrogens with two attached hydrogens (primary N) is 1. The molecule has 2 aliphatic rings. The van der Waals surface area contributed by atoms with Gasteiger partial charge >= 0.3 is 11.9 Å². The maximum Gasteiger partial charge on any atom is 0.336 e. The number of rotatable bonds is 4. The predicted molar refractivity (Wildman–Crippen MR) is 61.8 cm³/mol. The summed E-state index contributed by atoms with van der Waals surface area (Å²) in [4.78, 5) is 22.2. The molecule has 2 fully saturated rings. The third-order valence-corrected chi connectivity index (χ3v) is 3.73. The summed E-state index contributed by atoms with van der Waals surface area (Å²) in [5.74, 6) is -2.71. The first-order valence-electron chi connectivity index (χ1n) is 6.14. The Morgan fingerprint density at radius 1 is 1.35 bits per heavy atom. The average Bonchev–Trinajstić information content (AvgIpc) is 2.74. The Kier molecular flexibility index (Phi) is 3.98. The zero-order valence-corrected chi connectivity index (χ0v) is 10.5. The minimum atomic E-state index is -1.84. The molecule has 9 heteroatoms. The van der Waals surface area contributed by atoms with Crippen molar-refractivity contribution in [2.45, 2.75) is 48.9 Å². The van der Waals surface area contributed by atoms with E-state index in [1.807, 2.05) is 0 Å². The SMILES string of the molecule is N[C@@H](C[C@]1(C(=O)O)C[C@H]2OC[C@@H](O)[C@H](O)[C@H]2O1)C(=O)O. The van der Waals surface area contributed by atoms with Gasteiger partial charge in [0, 0.05) is 12.8 Å². The molecular formula is C11H17NO8. The Morgan fingerprint density at radius 3 is 2.55 bits per heavy atom. The largest absolute Gasteiger partial charge is 0.480 e. The van der Waals surface area contributed by atoms with Crippen LogP contribution in [0.2, 0.25) is 0 Å². The Bertz CT molecular complexity index is 415. The molecule has 2 rings (SSSR count). The number of carboxylic acids is 2. The van der Waals surface area contributed by atoms with E-state index in [1.54, 1.807) is 0 Å². The Hall–Kier alpha value is -1.26. The maximum absolute atomic E-state index is 11.4. The van der Waals surface area contributed by atoms with E-state index in [1.165, 1.54) is 0 Å². The van der Waals surface area contributed by atoms with Crippen molar-refractivity contribution in [3.05, 3.63) is 0 Å². The van der Waals surface area contributed by atoms with Gasteiger partial charge in [0.15, 0.2) is 5.60 Å². The molecule has 6 atom stereocenters. The second-order valence-electron chi connectivity index (χ2n) is 5.16. The fourth-order valence-corrected chi connectivity index (χ4v) is 2.61. The number of fused-ring (bicyclic) bond motifs is 1. The minimum Gasteiger partial charge on any atom is -0.480 e. The van der Waals surface area contributed by atoms with Crippen LogP contribution < -0.4 is 5.73 Å². The highest BCUT2D eigenvalue weighted by molar-refractivity contribution is 5.80. The molecule has 6 N–H and O–H groups in total. The van der Waals surface area contributed by atoms with Gasteiger partial charge in [0.05, 0.1) is 12.7 Å². The van der Waals surface area contributed by atoms with Gasteiger partial charge in [-0.3, -0.25) is 4.79 Å². The van der Waals surface area contributed by atoms with E-state index < -0.39 is 54.4 Å². The molecule has 20 heavy (non-hydrogen) atoms. The minimum absolute atomic E-state index is 0.127. The molecule has 0 spiro atoms. The van der Waals surface area contributed by atoms with Gasteiger partial charge in [-0.15, -0.1) is 0 Å². The van der Waals surface area contributed by atoms with Gasteiger partial charge in [0.2, 0.25) is 0 Å². The van der Waals surface area contributed by atoms with E-state index in [9.17, 15) is 24.9 Å². The number of carboxylic acid groups (broad SMARTS) is 2. The van der Waals surface area contributed by atoms with Crippen LogP contribution in [0.5, 0.6) is 0 Å². The molecule has 0 amide bonds. The van der Waals surface area contributed by atoms with Crippen molar-refractivity contribution in [2.75, 3.05) is 6.61 Å². The Balaban J connectivity index is 2.20. The average molecular weight is 291 g/mol. The van der Waals surface area contributed by atoms with Gasteiger partial charge in [-0.25, -0.2) is 4.79 Å². The summed E-state index contributed by atoms with van der Waals surface area (Å²) in [6.45, 7) is -0.133. The van der Waals surface area contributed by atoms with Crippen LogP contribution in [0.1, 0.15) is 12.8 Å². The molecule has 2 heterocycles. The number of carbonyl (C=O) groups is 2. The fraction of sp³-hybridized carbons (Fsp3) is 0.818. The standard InChI is InChI=1S/C11H17NO8/c12-4(9(15)16)1-11(10(17)18)2-6-8(20-11)7(14)5(13)3-19-6/h4-8,13-14H,1-3,12H2,(H,15,16)(H,17,18)/t4-,5+,6+,7-,8-,11+/m0/s1. The molecule has 0 aromatic rings. The number of ether oxygens (including phenoxy) is 2. The van der Waals surface area contributed by atoms with Gasteiger partial charge in [-0.05, 0) is 0 Å². The normalized spacial score (nSPS) is 42.0. The molecule has 0 aromatic carbocycles. The van der Waals surface area contributed by atoms with Crippen molar-refractivity contribution in [3.8, 4) is 0 Å². The van der Waals surface area contributed by atoms with Gasteiger partial charge in [0.1, 0.15) is 24.4 Å². The molecule has 0 aromatic heterocycles. The van der Waals surface area contributed by atoms with Crippen molar-refractivity contribution in [3.63, 3.8) is 0 Å². The first-order chi connectivity index (χ1) is 9.27. The summed E-state index contributed by atoms with van der Waals surface area (Å²) in [6, 6.07) is -1.41. The second kappa shape index (κ2) is 5.26. The van der Waals surface area contributed by atoms with E-state index in [2.05, 4.69) is 0 Å². The molecular weight excluding hydrogens is 274 g/mol. The summed E-state index contributed by atoms with van der Waals surface area (Å²) >= 11 is 0. The van der Waals surface area contributed by atoms with Gasteiger partial charge in [-0.2, -0.15) is 0 Å². The zero-order valence-electron chi connectivity index (χ0n) is 10.5. The summed E-state index contributed by atoms with van der Waals surface area (Å²) in [7, 11) is 0. The lowest BCUT2D eigenvalue weighted by atomic mass is 9.89. The van der Waals surface area contributed by atoms with E-state index >= 15 is 0 Å². The molecule has 0 bridgehead atoms. The smallest absolute Gasteiger partial charge is 0.336 e. The second-order valence-corrected chi connectivity index (χ2v) is 5.16. The fourth-order valence-electron chi connectivity index (χ4n) is 2.61. The van der Waals surface area contributed by atoms with Crippen LogP contribution in [0.25, 0.3) is 0 Å². The zero-order chi connectivity index (χ0) is 15.1. The molecule has 0 saturated carbocycles. The maximum atomic E-state index is 11.4. The number of hydrogen-bond donors (Lipinski definition) is 5. The first kappa shape index (κ1) is 15.1. The van der Waals surface area contributed by atoms with Crippen molar-refractivity contribution in [2.24, 2.45) is 5.73 Å². The summed E-state index contributed by atoms with van der Waals surface area (Å²) in [6.07, 6.45) is -4.76. The van der Waals surface area contributed by atoms with Crippen LogP contribution in [-0.2, 0) is 19.1 Å². The molecule has 0 unspecified atom stereocenters. The summed E-state index contributed by atoms with van der Waals surface area (Å²) in [5.41, 5.74) is 3.54. The molecule has 2 saturated heterocycles. The Morgan fingerprint density at radius 2 is 2.00 bits per heavy atom. The number of aliphatic hydroxyl groups excluding tert-OH is 2. The van der Waals surface area contributed by atoms with E-state index in [-0.39, 0.29) is 13.0 Å². The highest BCUT2D eigenvalue weighted by Crippen LogP contribution is 2.40. The van der Waals surface area contributed by atoms with Crippen LogP contribution in [-0.4, -0.2) is 75.0 Å². The van der Waals surface area contributed by atoms with Crippen LogP contribution in [0, 0.1) is 0 Å². The molecule has 9 nitrogen and oxygen atoms in total. The van der Waals surface area contributed by atoms with E-state index in [4.69, 9.17) is 20.3 Å². The summed E-state index contributed by atoms with van der Waals surface area (Å²) < 4.78 is 10.6. The molecule has 114 valence electrons. The lowest BCUT2D eigenvalue weighted by molar-refractivity contribution is -0.197. The lowest BCUT2D eigenvalue weighted by Gasteiger charge is -2.33.